The first-order valence-electron chi connectivity index (χ1n) is 5.63. The highest BCUT2D eigenvalue weighted by Gasteiger charge is 2.22. The fourth-order valence-corrected chi connectivity index (χ4v) is 3.24. The molecule has 0 amide bonds. The number of methoxy groups -OCH3 is 1. The maximum atomic E-state index is 11.8. The minimum Gasteiger partial charge on any atom is -0.465 e. The highest BCUT2D eigenvalue weighted by atomic mass is 35.5. The van der Waals surface area contributed by atoms with Gasteiger partial charge >= 0.3 is 5.97 Å². The number of hydrogen-bond donors (Lipinski definition) is 1. The number of hydrogen-bond acceptors (Lipinski definition) is 5. The molecule has 1 aromatic carbocycles. The molecule has 98 valence electrons. The zero-order valence-corrected chi connectivity index (χ0v) is 11.7. The van der Waals surface area contributed by atoms with Crippen LogP contribution in [-0.4, -0.2) is 37.7 Å². The van der Waals surface area contributed by atoms with Gasteiger partial charge in [0.2, 0.25) is 0 Å². The average molecular weight is 287 g/mol. The maximum absolute atomic E-state index is 11.8. The second kappa shape index (κ2) is 5.71. The topological polar surface area (TPSA) is 55.6 Å². The molecule has 0 radical (unpaired) electrons. The Labute approximate surface area is 115 Å². The smallest absolute Gasteiger partial charge is 0.340 e. The molecule has 0 aromatic heterocycles. The molecule has 2 rings (SSSR count). The van der Waals surface area contributed by atoms with E-state index in [1.54, 1.807) is 12.1 Å². The van der Waals surface area contributed by atoms with Crippen molar-refractivity contribution >= 4 is 40.7 Å². The summed E-state index contributed by atoms with van der Waals surface area (Å²) >= 11 is 8.13. The first-order valence-corrected chi connectivity index (χ1v) is 7.16. The van der Waals surface area contributed by atoms with E-state index in [-0.39, 0.29) is 0 Å². The van der Waals surface area contributed by atoms with Crippen molar-refractivity contribution in [3.05, 3.63) is 22.7 Å². The van der Waals surface area contributed by atoms with Gasteiger partial charge in [0.05, 0.1) is 23.4 Å². The number of carbonyl (C=O) groups excluding carboxylic acids is 1. The van der Waals surface area contributed by atoms with Crippen molar-refractivity contribution in [3.8, 4) is 0 Å². The van der Waals surface area contributed by atoms with Crippen LogP contribution in [0, 0.1) is 0 Å². The minimum atomic E-state index is -0.405. The van der Waals surface area contributed by atoms with Gasteiger partial charge in [-0.25, -0.2) is 4.79 Å². The lowest BCUT2D eigenvalue weighted by Crippen LogP contribution is -2.34. The monoisotopic (exact) mass is 286 g/mol. The van der Waals surface area contributed by atoms with Crippen LogP contribution in [0.4, 0.5) is 11.4 Å². The second-order valence-corrected chi connectivity index (χ2v) is 5.62. The molecule has 0 bridgehead atoms. The predicted octanol–water partition coefficient (Wildman–Crippen LogP) is 2.26. The molecule has 0 saturated carbocycles. The highest BCUT2D eigenvalue weighted by molar-refractivity contribution is 7.99. The number of nitrogens with zero attached hydrogens (tertiary/aromatic N) is 1. The number of nitrogens with two attached hydrogens (primary N) is 1. The van der Waals surface area contributed by atoms with E-state index in [1.807, 2.05) is 11.8 Å². The maximum Gasteiger partial charge on any atom is 0.340 e. The van der Waals surface area contributed by atoms with Crippen LogP contribution in [0.15, 0.2) is 12.1 Å². The molecular weight excluding hydrogens is 272 g/mol. The van der Waals surface area contributed by atoms with Gasteiger partial charge in [0, 0.05) is 30.3 Å². The van der Waals surface area contributed by atoms with Gasteiger partial charge < -0.3 is 15.4 Å². The standard InChI is InChI=1S/C12H15ClN2O2S/c1-17-12(16)9-6-8(14)7-10(13)11(9)15-2-4-18-5-3-15/h6-7H,2-5,14H2,1H3. The van der Waals surface area contributed by atoms with Gasteiger partial charge in [0.25, 0.3) is 0 Å². The van der Waals surface area contributed by atoms with Crippen molar-refractivity contribution in [3.63, 3.8) is 0 Å². The van der Waals surface area contributed by atoms with Crippen molar-refractivity contribution in [2.24, 2.45) is 0 Å². The lowest BCUT2D eigenvalue weighted by atomic mass is 10.1. The van der Waals surface area contributed by atoms with E-state index in [1.165, 1.54) is 7.11 Å². The van der Waals surface area contributed by atoms with Gasteiger partial charge in [-0.1, -0.05) is 11.6 Å². The Balaban J connectivity index is 2.45. The molecule has 2 N–H and O–H groups in total. The van der Waals surface area contributed by atoms with Crippen LogP contribution in [0.3, 0.4) is 0 Å². The largest absolute Gasteiger partial charge is 0.465 e. The van der Waals surface area contributed by atoms with Crippen molar-refractivity contribution in [2.75, 3.05) is 42.3 Å². The summed E-state index contributed by atoms with van der Waals surface area (Å²) < 4.78 is 4.79. The van der Waals surface area contributed by atoms with Gasteiger partial charge in [-0.2, -0.15) is 11.8 Å². The molecule has 1 aromatic rings. The highest BCUT2D eigenvalue weighted by Crippen LogP contribution is 2.34. The van der Waals surface area contributed by atoms with Crippen LogP contribution < -0.4 is 10.6 Å². The molecule has 6 heteroatoms. The summed E-state index contributed by atoms with van der Waals surface area (Å²) in [7, 11) is 1.36. The summed E-state index contributed by atoms with van der Waals surface area (Å²) in [6.07, 6.45) is 0. The quantitative estimate of drug-likeness (QED) is 0.668. The normalized spacial score (nSPS) is 15.6. The van der Waals surface area contributed by atoms with Gasteiger partial charge in [-0.3, -0.25) is 0 Å². The Kier molecular flexibility index (Phi) is 4.24. The molecule has 1 heterocycles. The zero-order chi connectivity index (χ0) is 13.1. The molecule has 0 aliphatic carbocycles. The van der Waals surface area contributed by atoms with Gasteiger partial charge in [0.15, 0.2) is 0 Å². The van der Waals surface area contributed by atoms with E-state index in [9.17, 15) is 4.79 Å². The average Bonchev–Trinajstić information content (AvgIpc) is 2.38. The Morgan fingerprint density at radius 3 is 2.72 bits per heavy atom. The van der Waals surface area contributed by atoms with Crippen LogP contribution in [0.1, 0.15) is 10.4 Å². The third-order valence-electron chi connectivity index (χ3n) is 2.82. The van der Waals surface area contributed by atoms with E-state index in [2.05, 4.69) is 4.90 Å². The molecule has 1 fully saturated rings. The van der Waals surface area contributed by atoms with E-state index in [0.29, 0.717) is 16.3 Å². The number of halogens is 1. The molecule has 18 heavy (non-hydrogen) atoms. The number of ether oxygens (including phenoxy) is 1. The lowest BCUT2D eigenvalue weighted by Gasteiger charge is -2.30. The van der Waals surface area contributed by atoms with Crippen LogP contribution in [0.5, 0.6) is 0 Å². The number of rotatable bonds is 2. The first-order chi connectivity index (χ1) is 8.63. The molecule has 1 aliphatic rings. The zero-order valence-electron chi connectivity index (χ0n) is 10.1. The predicted molar refractivity (Wildman–Crippen MR) is 76.7 cm³/mol. The summed E-state index contributed by atoms with van der Waals surface area (Å²) in [4.78, 5) is 13.9. The number of anilines is 2. The second-order valence-electron chi connectivity index (χ2n) is 3.99. The van der Waals surface area contributed by atoms with Crippen LogP contribution in [-0.2, 0) is 4.74 Å². The van der Waals surface area contributed by atoms with E-state index in [4.69, 9.17) is 22.1 Å². The Hall–Kier alpha value is -1.07. The molecule has 0 unspecified atom stereocenters. The minimum absolute atomic E-state index is 0.405. The number of thioether (sulfide) groups is 1. The third-order valence-corrected chi connectivity index (χ3v) is 4.05. The summed E-state index contributed by atoms with van der Waals surface area (Å²) in [6.45, 7) is 1.75. The summed E-state index contributed by atoms with van der Waals surface area (Å²) in [6, 6.07) is 3.29. The van der Waals surface area contributed by atoms with Crippen molar-refractivity contribution in [2.45, 2.75) is 0 Å². The van der Waals surface area contributed by atoms with Crippen LogP contribution in [0.2, 0.25) is 5.02 Å². The van der Waals surface area contributed by atoms with Crippen molar-refractivity contribution in [1.82, 2.24) is 0 Å². The number of esters is 1. The summed E-state index contributed by atoms with van der Waals surface area (Å²) in [5.74, 6) is 1.65. The summed E-state index contributed by atoms with van der Waals surface area (Å²) in [5.41, 5.74) is 7.38. The van der Waals surface area contributed by atoms with E-state index >= 15 is 0 Å². The molecular formula is C12H15ClN2O2S. The van der Waals surface area contributed by atoms with Crippen molar-refractivity contribution < 1.29 is 9.53 Å². The number of carbonyl (C=O) groups is 1. The fraction of sp³-hybridized carbons (Fsp3) is 0.417. The van der Waals surface area contributed by atoms with Gasteiger partial charge in [-0.15, -0.1) is 0 Å². The number of nitrogen functional groups attached to an aromatic ring is 1. The lowest BCUT2D eigenvalue weighted by molar-refractivity contribution is 0.0601. The summed E-state index contributed by atoms with van der Waals surface area (Å²) in [5, 5.41) is 0.502. The van der Waals surface area contributed by atoms with Crippen LogP contribution >= 0.6 is 23.4 Å². The molecule has 0 spiro atoms. The molecule has 0 atom stereocenters. The molecule has 1 aliphatic heterocycles. The Morgan fingerprint density at radius 1 is 1.44 bits per heavy atom. The van der Waals surface area contributed by atoms with Gasteiger partial charge in [0.1, 0.15) is 0 Å². The van der Waals surface area contributed by atoms with Crippen molar-refractivity contribution in [1.29, 1.82) is 0 Å². The first kappa shape index (κ1) is 13.4. The van der Waals surface area contributed by atoms with Gasteiger partial charge in [-0.05, 0) is 12.1 Å². The third kappa shape index (κ3) is 2.67. The SMILES string of the molecule is COC(=O)c1cc(N)cc(Cl)c1N1CCSCC1. The van der Waals surface area contributed by atoms with E-state index in [0.717, 1.165) is 30.3 Å². The van der Waals surface area contributed by atoms with Crippen LogP contribution in [0.25, 0.3) is 0 Å². The Morgan fingerprint density at radius 2 is 2.11 bits per heavy atom. The number of benzene rings is 1. The molecule has 1 saturated heterocycles. The molecule has 4 nitrogen and oxygen atoms in total. The Bertz CT molecular complexity index is 462. The fourth-order valence-electron chi connectivity index (χ4n) is 1.99. The van der Waals surface area contributed by atoms with E-state index < -0.39 is 5.97 Å².